The summed E-state index contributed by atoms with van der Waals surface area (Å²) < 4.78 is 12.3. The van der Waals surface area contributed by atoms with Crippen molar-refractivity contribution in [2.75, 3.05) is 6.61 Å². The summed E-state index contributed by atoms with van der Waals surface area (Å²) in [7, 11) is 0. The van der Waals surface area contributed by atoms with Crippen LogP contribution in [0.15, 0.2) is 57.4 Å². The summed E-state index contributed by atoms with van der Waals surface area (Å²) in [5.74, 6) is 1.68. The van der Waals surface area contributed by atoms with Gasteiger partial charge in [0.05, 0.1) is 12.2 Å². The van der Waals surface area contributed by atoms with Crippen molar-refractivity contribution >= 4 is 15.9 Å². The zero-order valence-corrected chi connectivity index (χ0v) is 13.0. The van der Waals surface area contributed by atoms with E-state index in [1.165, 1.54) is 0 Å². The third kappa shape index (κ3) is 2.97. The molecule has 0 radical (unpaired) electrons. The molecule has 0 saturated carbocycles. The number of aromatic nitrogens is 2. The molecule has 21 heavy (non-hydrogen) atoms. The molecule has 106 valence electrons. The molecule has 0 amide bonds. The summed E-state index contributed by atoms with van der Waals surface area (Å²) in [4.78, 5) is 0. The second-order valence-corrected chi connectivity index (χ2v) is 5.27. The highest BCUT2D eigenvalue weighted by Gasteiger charge is 2.14. The van der Waals surface area contributed by atoms with E-state index in [1.807, 2.05) is 55.5 Å². The van der Waals surface area contributed by atoms with E-state index in [9.17, 15) is 0 Å². The fourth-order valence-corrected chi connectivity index (χ4v) is 2.39. The van der Waals surface area contributed by atoms with Crippen LogP contribution in [-0.4, -0.2) is 16.8 Å². The van der Waals surface area contributed by atoms with Crippen molar-refractivity contribution in [1.29, 1.82) is 0 Å². The van der Waals surface area contributed by atoms with Crippen molar-refractivity contribution in [1.82, 2.24) is 10.2 Å². The van der Waals surface area contributed by atoms with Gasteiger partial charge in [-0.3, -0.25) is 0 Å². The van der Waals surface area contributed by atoms with E-state index >= 15 is 0 Å². The lowest BCUT2D eigenvalue weighted by Crippen LogP contribution is -1.93. The Morgan fingerprint density at radius 3 is 2.67 bits per heavy atom. The van der Waals surface area contributed by atoms with Crippen molar-refractivity contribution in [2.45, 2.75) is 6.92 Å². The van der Waals surface area contributed by atoms with Crippen molar-refractivity contribution in [2.24, 2.45) is 0 Å². The van der Waals surface area contributed by atoms with Crippen LogP contribution < -0.4 is 4.74 Å². The molecule has 4 nitrogen and oxygen atoms in total. The van der Waals surface area contributed by atoms with Gasteiger partial charge in [0, 0.05) is 10.0 Å². The Hall–Kier alpha value is -2.14. The number of halogens is 1. The SMILES string of the molecule is CCOc1ccccc1-c1nnc(-c2cccc(Br)c2)o1. The molecule has 3 rings (SSSR count). The van der Waals surface area contributed by atoms with Crippen LogP contribution in [0, 0.1) is 0 Å². The fraction of sp³-hybridized carbons (Fsp3) is 0.125. The Labute approximate surface area is 130 Å². The van der Waals surface area contributed by atoms with Crippen LogP contribution in [0.3, 0.4) is 0 Å². The number of hydrogen-bond donors (Lipinski definition) is 0. The third-order valence-corrected chi connectivity index (χ3v) is 3.41. The van der Waals surface area contributed by atoms with Gasteiger partial charge in [-0.1, -0.05) is 34.1 Å². The maximum Gasteiger partial charge on any atom is 0.251 e. The van der Waals surface area contributed by atoms with Gasteiger partial charge in [-0.15, -0.1) is 10.2 Å². The quantitative estimate of drug-likeness (QED) is 0.695. The largest absolute Gasteiger partial charge is 0.493 e. The number of rotatable bonds is 4. The first-order valence-electron chi connectivity index (χ1n) is 6.59. The average molecular weight is 345 g/mol. The molecule has 1 aromatic heterocycles. The zero-order valence-electron chi connectivity index (χ0n) is 11.4. The summed E-state index contributed by atoms with van der Waals surface area (Å²) in [5, 5.41) is 8.24. The Balaban J connectivity index is 1.99. The van der Waals surface area contributed by atoms with Crippen LogP contribution in [0.2, 0.25) is 0 Å². The maximum atomic E-state index is 5.77. The van der Waals surface area contributed by atoms with E-state index in [0.29, 0.717) is 18.4 Å². The predicted octanol–water partition coefficient (Wildman–Crippen LogP) is 4.56. The lowest BCUT2D eigenvalue weighted by Gasteiger charge is -2.06. The minimum absolute atomic E-state index is 0.453. The van der Waals surface area contributed by atoms with Crippen LogP contribution in [0.5, 0.6) is 5.75 Å². The number of ether oxygens (including phenoxy) is 1. The Kier molecular flexibility index (Phi) is 4.01. The molecular weight excluding hydrogens is 332 g/mol. The third-order valence-electron chi connectivity index (χ3n) is 2.91. The van der Waals surface area contributed by atoms with Gasteiger partial charge in [-0.05, 0) is 37.3 Å². The number of benzene rings is 2. The van der Waals surface area contributed by atoms with Gasteiger partial charge in [0.15, 0.2) is 0 Å². The van der Waals surface area contributed by atoms with Crippen molar-refractivity contribution in [3.8, 4) is 28.7 Å². The van der Waals surface area contributed by atoms with Crippen LogP contribution in [0.1, 0.15) is 6.92 Å². The summed E-state index contributed by atoms with van der Waals surface area (Å²) in [6.45, 7) is 2.53. The highest BCUT2D eigenvalue weighted by atomic mass is 79.9. The molecule has 0 spiro atoms. The highest BCUT2D eigenvalue weighted by Crippen LogP contribution is 2.31. The van der Waals surface area contributed by atoms with Gasteiger partial charge in [0.2, 0.25) is 5.89 Å². The van der Waals surface area contributed by atoms with E-state index in [4.69, 9.17) is 9.15 Å². The van der Waals surface area contributed by atoms with Crippen LogP contribution >= 0.6 is 15.9 Å². The summed E-state index contributed by atoms with van der Waals surface area (Å²) >= 11 is 3.43. The second kappa shape index (κ2) is 6.10. The van der Waals surface area contributed by atoms with Crippen molar-refractivity contribution in [3.05, 3.63) is 53.0 Å². The molecule has 0 saturated heterocycles. The highest BCUT2D eigenvalue weighted by molar-refractivity contribution is 9.10. The van der Waals surface area contributed by atoms with Gasteiger partial charge in [0.25, 0.3) is 5.89 Å². The van der Waals surface area contributed by atoms with Crippen molar-refractivity contribution in [3.63, 3.8) is 0 Å². The van der Waals surface area contributed by atoms with E-state index < -0.39 is 0 Å². The van der Waals surface area contributed by atoms with Crippen LogP contribution in [0.25, 0.3) is 22.9 Å². The lowest BCUT2D eigenvalue weighted by molar-refractivity contribution is 0.340. The topological polar surface area (TPSA) is 48.2 Å². The van der Waals surface area contributed by atoms with Gasteiger partial charge >= 0.3 is 0 Å². The summed E-state index contributed by atoms with van der Waals surface area (Å²) in [5.41, 5.74) is 1.67. The Morgan fingerprint density at radius 2 is 1.86 bits per heavy atom. The van der Waals surface area contributed by atoms with Crippen molar-refractivity contribution < 1.29 is 9.15 Å². The number of para-hydroxylation sites is 1. The molecule has 0 aliphatic carbocycles. The van der Waals surface area contributed by atoms with E-state index in [-0.39, 0.29) is 0 Å². The molecule has 0 aliphatic rings. The lowest BCUT2D eigenvalue weighted by atomic mass is 10.2. The maximum absolute atomic E-state index is 5.77. The molecule has 0 atom stereocenters. The van der Waals surface area contributed by atoms with E-state index in [2.05, 4.69) is 26.1 Å². The van der Waals surface area contributed by atoms with Gasteiger partial charge in [-0.2, -0.15) is 0 Å². The Morgan fingerprint density at radius 1 is 1.05 bits per heavy atom. The molecule has 0 N–H and O–H groups in total. The smallest absolute Gasteiger partial charge is 0.251 e. The zero-order chi connectivity index (χ0) is 14.7. The number of nitrogens with zero attached hydrogens (tertiary/aromatic N) is 2. The second-order valence-electron chi connectivity index (χ2n) is 4.35. The first kappa shape index (κ1) is 13.8. The monoisotopic (exact) mass is 344 g/mol. The van der Waals surface area contributed by atoms with Gasteiger partial charge in [0.1, 0.15) is 5.75 Å². The Bertz CT molecular complexity index is 755. The van der Waals surface area contributed by atoms with Gasteiger partial charge in [-0.25, -0.2) is 0 Å². The van der Waals surface area contributed by atoms with Crippen LogP contribution in [0.4, 0.5) is 0 Å². The van der Waals surface area contributed by atoms with E-state index in [0.717, 1.165) is 21.3 Å². The number of hydrogen-bond acceptors (Lipinski definition) is 4. The molecule has 2 aromatic carbocycles. The minimum atomic E-state index is 0.453. The molecular formula is C16H13BrN2O2. The molecule has 3 aromatic rings. The summed E-state index contributed by atoms with van der Waals surface area (Å²) in [6.07, 6.45) is 0. The normalized spacial score (nSPS) is 10.6. The molecule has 1 heterocycles. The minimum Gasteiger partial charge on any atom is -0.493 e. The van der Waals surface area contributed by atoms with E-state index in [1.54, 1.807) is 0 Å². The predicted molar refractivity (Wildman–Crippen MR) is 84.0 cm³/mol. The van der Waals surface area contributed by atoms with Crippen LogP contribution in [-0.2, 0) is 0 Å². The molecule has 5 heteroatoms. The first-order chi connectivity index (χ1) is 10.3. The molecule has 0 unspecified atom stereocenters. The first-order valence-corrected chi connectivity index (χ1v) is 7.39. The summed E-state index contributed by atoms with van der Waals surface area (Å²) in [6, 6.07) is 15.4. The fourth-order valence-electron chi connectivity index (χ4n) is 1.99. The average Bonchev–Trinajstić information content (AvgIpc) is 2.98. The standard InChI is InChI=1S/C16H13BrN2O2/c1-2-20-14-9-4-3-8-13(14)16-19-18-15(21-16)11-6-5-7-12(17)10-11/h3-10H,2H2,1H3. The molecule has 0 bridgehead atoms. The molecule has 0 fully saturated rings. The van der Waals surface area contributed by atoms with Gasteiger partial charge < -0.3 is 9.15 Å². The molecule has 0 aliphatic heterocycles.